The number of hydrogen-bond donors (Lipinski definition) is 1. The minimum absolute atomic E-state index is 0.159. The first-order valence-corrected chi connectivity index (χ1v) is 9.27. The van der Waals surface area contributed by atoms with Crippen molar-refractivity contribution in [2.75, 3.05) is 13.1 Å². The smallest absolute Gasteiger partial charge is 0.220 e. The summed E-state index contributed by atoms with van der Waals surface area (Å²) in [7, 11) is 0. The van der Waals surface area contributed by atoms with Gasteiger partial charge in [0, 0.05) is 30.9 Å². The third-order valence-corrected chi connectivity index (χ3v) is 5.42. The van der Waals surface area contributed by atoms with Crippen molar-refractivity contribution < 1.29 is 4.79 Å². The van der Waals surface area contributed by atoms with Crippen LogP contribution in [0.4, 0.5) is 0 Å². The summed E-state index contributed by atoms with van der Waals surface area (Å²) in [6.45, 7) is 4.74. The van der Waals surface area contributed by atoms with Crippen molar-refractivity contribution >= 4 is 17.2 Å². The van der Waals surface area contributed by atoms with Gasteiger partial charge in [0.05, 0.1) is 6.04 Å². The third-order valence-electron chi connectivity index (χ3n) is 4.44. The lowest BCUT2D eigenvalue weighted by Crippen LogP contribution is -2.40. The summed E-state index contributed by atoms with van der Waals surface area (Å²) in [5.74, 6) is 0.159. The molecule has 1 aromatic heterocycles. The second kappa shape index (κ2) is 7.75. The summed E-state index contributed by atoms with van der Waals surface area (Å²) >= 11 is 1.78. The summed E-state index contributed by atoms with van der Waals surface area (Å²) in [6, 6.07) is 13.2. The molecule has 2 aromatic rings. The second-order valence-corrected chi connectivity index (χ2v) is 7.05. The van der Waals surface area contributed by atoms with Crippen molar-refractivity contribution in [1.29, 1.82) is 0 Å². The van der Waals surface area contributed by atoms with E-state index in [2.05, 4.69) is 52.0 Å². The maximum atomic E-state index is 11.9. The molecule has 1 aromatic carbocycles. The first-order chi connectivity index (χ1) is 11.3. The first-order valence-electron chi connectivity index (χ1n) is 8.39. The van der Waals surface area contributed by atoms with Gasteiger partial charge >= 0.3 is 0 Å². The van der Waals surface area contributed by atoms with Crippen molar-refractivity contribution in [3.63, 3.8) is 0 Å². The molecule has 3 nitrogen and oxygen atoms in total. The Labute approximate surface area is 142 Å². The van der Waals surface area contributed by atoms with E-state index in [-0.39, 0.29) is 11.9 Å². The fourth-order valence-electron chi connectivity index (χ4n) is 3.20. The Morgan fingerprint density at radius 2 is 2.09 bits per heavy atom. The lowest BCUT2D eigenvalue weighted by atomic mass is 9.98. The molecular formula is C19H24N2OS. The van der Waals surface area contributed by atoms with Gasteiger partial charge < -0.3 is 5.32 Å². The molecule has 1 aliphatic rings. The third kappa shape index (κ3) is 4.01. The zero-order valence-electron chi connectivity index (χ0n) is 13.6. The first kappa shape index (κ1) is 16.2. The number of carbonyl (C=O) groups is 1. The lowest BCUT2D eigenvalue weighted by Gasteiger charge is -2.35. The highest BCUT2D eigenvalue weighted by molar-refractivity contribution is 7.10. The van der Waals surface area contributed by atoms with E-state index in [1.54, 1.807) is 11.3 Å². The Morgan fingerprint density at radius 3 is 2.83 bits per heavy atom. The van der Waals surface area contributed by atoms with Crippen molar-refractivity contribution in [1.82, 2.24) is 10.2 Å². The van der Waals surface area contributed by atoms with Crippen LogP contribution < -0.4 is 5.32 Å². The molecule has 1 N–H and O–H groups in total. The van der Waals surface area contributed by atoms with Crippen LogP contribution >= 0.6 is 11.3 Å². The van der Waals surface area contributed by atoms with Crippen LogP contribution in [-0.4, -0.2) is 23.9 Å². The van der Waals surface area contributed by atoms with Crippen LogP contribution in [0.2, 0.25) is 0 Å². The molecule has 0 radical (unpaired) electrons. The van der Waals surface area contributed by atoms with Gasteiger partial charge in [-0.05, 0) is 35.4 Å². The van der Waals surface area contributed by atoms with Gasteiger partial charge in [0.2, 0.25) is 5.91 Å². The normalized spacial score (nSPS) is 15.9. The Balaban J connectivity index is 1.73. The molecule has 0 aliphatic carbocycles. The SMILES string of the molecule is CCCC(=O)NC[C@@H](c1cccs1)N1CCc2ccccc2C1. The van der Waals surface area contributed by atoms with E-state index >= 15 is 0 Å². The molecule has 1 atom stereocenters. The van der Waals surface area contributed by atoms with Gasteiger partial charge in [-0.2, -0.15) is 0 Å². The molecule has 0 unspecified atom stereocenters. The molecule has 0 saturated heterocycles. The van der Waals surface area contributed by atoms with E-state index in [1.807, 2.05) is 6.92 Å². The fourth-order valence-corrected chi connectivity index (χ4v) is 4.06. The Bertz CT molecular complexity index is 639. The number of rotatable bonds is 6. The van der Waals surface area contributed by atoms with Gasteiger partial charge in [0.1, 0.15) is 0 Å². The number of nitrogens with zero attached hydrogens (tertiary/aromatic N) is 1. The number of nitrogens with one attached hydrogen (secondary N) is 1. The highest BCUT2D eigenvalue weighted by Crippen LogP contribution is 2.29. The van der Waals surface area contributed by atoms with E-state index in [1.165, 1.54) is 16.0 Å². The van der Waals surface area contributed by atoms with E-state index in [0.717, 1.165) is 25.9 Å². The molecular weight excluding hydrogens is 304 g/mol. The van der Waals surface area contributed by atoms with Crippen LogP contribution in [-0.2, 0) is 17.8 Å². The predicted octanol–water partition coefficient (Wildman–Crippen LogP) is 3.76. The predicted molar refractivity (Wildman–Crippen MR) is 95.5 cm³/mol. The van der Waals surface area contributed by atoms with Gasteiger partial charge in [-0.3, -0.25) is 9.69 Å². The average molecular weight is 328 g/mol. The number of amides is 1. The molecule has 0 bridgehead atoms. The average Bonchev–Trinajstić information content (AvgIpc) is 3.09. The van der Waals surface area contributed by atoms with E-state index < -0.39 is 0 Å². The number of benzene rings is 1. The zero-order chi connectivity index (χ0) is 16.1. The Hall–Kier alpha value is -1.65. The number of thiophene rings is 1. The minimum atomic E-state index is 0.159. The summed E-state index contributed by atoms with van der Waals surface area (Å²) in [5, 5.41) is 5.24. The van der Waals surface area contributed by atoms with Crippen LogP contribution in [0.15, 0.2) is 41.8 Å². The Morgan fingerprint density at radius 1 is 1.26 bits per heavy atom. The highest BCUT2D eigenvalue weighted by Gasteiger charge is 2.25. The second-order valence-electron chi connectivity index (χ2n) is 6.07. The van der Waals surface area contributed by atoms with Crippen LogP contribution in [0.25, 0.3) is 0 Å². The molecule has 23 heavy (non-hydrogen) atoms. The monoisotopic (exact) mass is 328 g/mol. The molecule has 1 amide bonds. The quantitative estimate of drug-likeness (QED) is 0.875. The van der Waals surface area contributed by atoms with Gasteiger partial charge in [0.15, 0.2) is 0 Å². The Kier molecular flexibility index (Phi) is 5.47. The maximum Gasteiger partial charge on any atom is 0.220 e. The van der Waals surface area contributed by atoms with E-state index in [0.29, 0.717) is 13.0 Å². The highest BCUT2D eigenvalue weighted by atomic mass is 32.1. The van der Waals surface area contributed by atoms with Crippen molar-refractivity contribution in [3.8, 4) is 0 Å². The van der Waals surface area contributed by atoms with Crippen LogP contribution in [0.3, 0.4) is 0 Å². The summed E-state index contributed by atoms with van der Waals surface area (Å²) in [4.78, 5) is 15.7. The standard InChI is InChI=1S/C19H24N2OS/c1-2-6-19(22)20-13-17(18-9-5-12-23-18)21-11-10-15-7-3-4-8-16(15)14-21/h3-5,7-9,12,17H,2,6,10-11,13-14H2,1H3,(H,20,22)/t17-/m0/s1. The number of hydrogen-bond acceptors (Lipinski definition) is 3. The zero-order valence-corrected chi connectivity index (χ0v) is 14.4. The van der Waals surface area contributed by atoms with Crippen molar-refractivity contribution in [2.24, 2.45) is 0 Å². The van der Waals surface area contributed by atoms with E-state index in [9.17, 15) is 4.79 Å². The van der Waals surface area contributed by atoms with Crippen LogP contribution in [0, 0.1) is 0 Å². The lowest BCUT2D eigenvalue weighted by molar-refractivity contribution is -0.121. The topological polar surface area (TPSA) is 32.3 Å². The molecule has 122 valence electrons. The summed E-state index contributed by atoms with van der Waals surface area (Å²) in [5.41, 5.74) is 2.88. The van der Waals surface area contributed by atoms with Crippen LogP contribution in [0.1, 0.15) is 41.8 Å². The largest absolute Gasteiger partial charge is 0.354 e. The summed E-state index contributed by atoms with van der Waals surface area (Å²) in [6.07, 6.45) is 2.59. The molecule has 0 fully saturated rings. The van der Waals surface area contributed by atoms with Crippen LogP contribution in [0.5, 0.6) is 0 Å². The van der Waals surface area contributed by atoms with Gasteiger partial charge in [-0.15, -0.1) is 11.3 Å². The number of carbonyl (C=O) groups excluding carboxylic acids is 1. The molecule has 2 heterocycles. The van der Waals surface area contributed by atoms with Gasteiger partial charge in [0.25, 0.3) is 0 Å². The molecule has 0 spiro atoms. The van der Waals surface area contributed by atoms with Gasteiger partial charge in [-0.1, -0.05) is 37.3 Å². The fraction of sp³-hybridized carbons (Fsp3) is 0.421. The van der Waals surface area contributed by atoms with Crippen molar-refractivity contribution in [2.45, 2.75) is 38.8 Å². The molecule has 0 saturated carbocycles. The molecule has 1 aliphatic heterocycles. The molecule has 4 heteroatoms. The maximum absolute atomic E-state index is 11.9. The number of fused-ring (bicyclic) bond motifs is 1. The van der Waals surface area contributed by atoms with Gasteiger partial charge in [-0.25, -0.2) is 0 Å². The van der Waals surface area contributed by atoms with E-state index in [4.69, 9.17) is 0 Å². The van der Waals surface area contributed by atoms with Crippen molar-refractivity contribution in [3.05, 3.63) is 57.8 Å². The minimum Gasteiger partial charge on any atom is -0.354 e. The summed E-state index contributed by atoms with van der Waals surface area (Å²) < 4.78 is 0. The molecule has 3 rings (SSSR count).